The minimum atomic E-state index is 0.702. The fourth-order valence-corrected chi connectivity index (χ4v) is 2.68. The van der Waals surface area contributed by atoms with Crippen molar-refractivity contribution in [2.24, 2.45) is 0 Å². The van der Waals surface area contributed by atoms with Gasteiger partial charge in [-0.2, -0.15) is 0 Å². The number of fused-ring (bicyclic) bond motifs is 1. The molecule has 0 N–H and O–H groups in total. The molecule has 0 atom stereocenters. The SMILES string of the molecule is [C]=C(C/C=C/CCCCCCC)c1ccc2ccccc2c1. The highest BCUT2D eigenvalue weighted by atomic mass is 14.0. The van der Waals surface area contributed by atoms with Crippen molar-refractivity contribution in [2.75, 3.05) is 0 Å². The number of allylic oxidation sites excluding steroid dienone is 3. The van der Waals surface area contributed by atoms with Gasteiger partial charge in [0.05, 0.1) is 0 Å². The van der Waals surface area contributed by atoms with E-state index in [1.807, 2.05) is 6.07 Å². The van der Waals surface area contributed by atoms with E-state index in [1.165, 1.54) is 42.9 Å². The van der Waals surface area contributed by atoms with Crippen LogP contribution in [-0.4, -0.2) is 0 Å². The van der Waals surface area contributed by atoms with Crippen molar-refractivity contribution in [3.63, 3.8) is 0 Å². The van der Waals surface area contributed by atoms with Gasteiger partial charge in [-0.1, -0.05) is 81.2 Å². The molecule has 0 bridgehead atoms. The smallest absolute Gasteiger partial charge is 0.00513 e. The molecule has 0 aliphatic carbocycles. The van der Waals surface area contributed by atoms with Crippen LogP contribution >= 0.6 is 0 Å². The lowest BCUT2D eigenvalue weighted by molar-refractivity contribution is 0.637. The highest BCUT2D eigenvalue weighted by Crippen LogP contribution is 2.22. The maximum Gasteiger partial charge on any atom is -0.00513 e. The Morgan fingerprint density at radius 1 is 0.909 bits per heavy atom. The van der Waals surface area contributed by atoms with Crippen LogP contribution in [0.25, 0.3) is 16.3 Å². The fourth-order valence-electron chi connectivity index (χ4n) is 2.68. The Morgan fingerprint density at radius 2 is 1.68 bits per heavy atom. The van der Waals surface area contributed by atoms with Gasteiger partial charge in [0, 0.05) is 0 Å². The molecule has 0 saturated carbocycles. The molecule has 114 valence electrons. The fraction of sp³-hybridized carbons (Fsp3) is 0.364. The van der Waals surface area contributed by atoms with Crippen LogP contribution in [-0.2, 0) is 0 Å². The summed E-state index contributed by atoms with van der Waals surface area (Å²) in [4.78, 5) is 0. The Bertz CT molecular complexity index is 619. The molecule has 0 aliphatic heterocycles. The van der Waals surface area contributed by atoms with Crippen molar-refractivity contribution >= 4 is 16.3 Å². The normalized spacial score (nSPS) is 11.3. The molecule has 2 aromatic carbocycles. The second kappa shape index (κ2) is 9.25. The predicted molar refractivity (Wildman–Crippen MR) is 97.7 cm³/mol. The van der Waals surface area contributed by atoms with E-state index >= 15 is 0 Å². The summed E-state index contributed by atoms with van der Waals surface area (Å²) in [6.07, 6.45) is 12.9. The number of benzene rings is 2. The van der Waals surface area contributed by atoms with Crippen molar-refractivity contribution in [1.82, 2.24) is 0 Å². The Morgan fingerprint density at radius 3 is 2.50 bits per heavy atom. The molecule has 0 fully saturated rings. The monoisotopic (exact) mass is 290 g/mol. The molecule has 0 aliphatic rings. The maximum absolute atomic E-state index is 8.22. The summed E-state index contributed by atoms with van der Waals surface area (Å²) in [6.45, 7) is 10.5. The second-order valence-corrected chi connectivity index (χ2v) is 5.92. The lowest BCUT2D eigenvalue weighted by atomic mass is 10.00. The van der Waals surface area contributed by atoms with E-state index in [2.05, 4.69) is 55.5 Å². The predicted octanol–water partition coefficient (Wildman–Crippen LogP) is 6.84. The summed E-state index contributed by atoms with van der Waals surface area (Å²) in [5, 5.41) is 2.45. The molecule has 0 heterocycles. The molecule has 2 rings (SSSR count). The lowest BCUT2D eigenvalue weighted by Gasteiger charge is -2.05. The van der Waals surface area contributed by atoms with E-state index in [0.29, 0.717) is 5.57 Å². The topological polar surface area (TPSA) is 0 Å². The third-order valence-electron chi connectivity index (χ3n) is 4.06. The standard InChI is InChI=1S/C22H26/c1-3-4-5-6-7-8-9-10-13-19(2)21-17-16-20-14-11-12-15-22(20)18-21/h9-12,14-18H,3-8,13H2,1H3/b10-9+. The summed E-state index contributed by atoms with van der Waals surface area (Å²) in [5.41, 5.74) is 1.74. The van der Waals surface area contributed by atoms with Crippen molar-refractivity contribution < 1.29 is 0 Å². The average molecular weight is 290 g/mol. The molecule has 0 heteroatoms. The molecule has 22 heavy (non-hydrogen) atoms. The zero-order valence-electron chi connectivity index (χ0n) is 13.6. The van der Waals surface area contributed by atoms with Crippen molar-refractivity contribution in [3.8, 4) is 0 Å². The van der Waals surface area contributed by atoms with Crippen molar-refractivity contribution in [2.45, 2.75) is 51.9 Å². The Hall–Kier alpha value is -1.82. The number of hydrogen-bond acceptors (Lipinski definition) is 0. The highest BCUT2D eigenvalue weighted by molar-refractivity contribution is 5.85. The van der Waals surface area contributed by atoms with E-state index in [1.54, 1.807) is 0 Å². The molecule has 2 aromatic rings. The van der Waals surface area contributed by atoms with Gasteiger partial charge in [-0.15, -0.1) is 0 Å². The van der Waals surface area contributed by atoms with Crippen LogP contribution in [0.5, 0.6) is 0 Å². The molecular formula is C22H26. The molecule has 0 unspecified atom stereocenters. The lowest BCUT2D eigenvalue weighted by Crippen LogP contribution is -1.82. The van der Waals surface area contributed by atoms with Crippen molar-refractivity contribution in [1.29, 1.82) is 0 Å². The molecular weight excluding hydrogens is 264 g/mol. The van der Waals surface area contributed by atoms with Crippen LogP contribution in [0.2, 0.25) is 0 Å². The Labute approximate surface area is 135 Å². The summed E-state index contributed by atoms with van der Waals surface area (Å²) < 4.78 is 0. The number of rotatable bonds is 9. The van der Waals surface area contributed by atoms with E-state index < -0.39 is 0 Å². The van der Waals surface area contributed by atoms with Gasteiger partial charge in [0.15, 0.2) is 0 Å². The molecule has 2 radical (unpaired) electrons. The first-order valence-corrected chi connectivity index (χ1v) is 8.53. The molecule has 0 spiro atoms. The summed E-state index contributed by atoms with van der Waals surface area (Å²) in [7, 11) is 0. The number of hydrogen-bond donors (Lipinski definition) is 0. The maximum atomic E-state index is 8.22. The minimum absolute atomic E-state index is 0.702. The van der Waals surface area contributed by atoms with Crippen LogP contribution in [0.1, 0.15) is 57.4 Å². The van der Waals surface area contributed by atoms with E-state index in [0.717, 1.165) is 18.4 Å². The van der Waals surface area contributed by atoms with E-state index in [9.17, 15) is 0 Å². The van der Waals surface area contributed by atoms with Crippen LogP contribution in [0, 0.1) is 6.58 Å². The van der Waals surface area contributed by atoms with Gasteiger partial charge in [0.1, 0.15) is 0 Å². The third-order valence-corrected chi connectivity index (χ3v) is 4.06. The van der Waals surface area contributed by atoms with Crippen LogP contribution in [0.3, 0.4) is 0 Å². The Kier molecular flexibility index (Phi) is 6.96. The largest absolute Gasteiger partial charge is 0.0882 e. The van der Waals surface area contributed by atoms with Gasteiger partial charge in [0.2, 0.25) is 0 Å². The van der Waals surface area contributed by atoms with Crippen molar-refractivity contribution in [3.05, 3.63) is 66.8 Å². The molecule has 0 saturated heterocycles. The summed E-state index contributed by atoms with van der Waals surface area (Å²) >= 11 is 0. The van der Waals surface area contributed by atoms with Crippen LogP contribution in [0.4, 0.5) is 0 Å². The Balaban J connectivity index is 1.78. The summed E-state index contributed by atoms with van der Waals surface area (Å²) in [6, 6.07) is 14.6. The van der Waals surface area contributed by atoms with Gasteiger partial charge in [-0.3, -0.25) is 0 Å². The van der Waals surface area contributed by atoms with E-state index in [4.69, 9.17) is 6.58 Å². The first kappa shape index (κ1) is 16.5. The average Bonchev–Trinajstić information content (AvgIpc) is 2.56. The molecule has 0 nitrogen and oxygen atoms in total. The second-order valence-electron chi connectivity index (χ2n) is 5.92. The third kappa shape index (κ3) is 5.18. The van der Waals surface area contributed by atoms with Gasteiger partial charge >= 0.3 is 0 Å². The van der Waals surface area contributed by atoms with E-state index in [-0.39, 0.29) is 0 Å². The minimum Gasteiger partial charge on any atom is -0.0882 e. The molecule has 0 aromatic heterocycles. The first-order valence-electron chi connectivity index (χ1n) is 8.53. The van der Waals surface area contributed by atoms with Gasteiger partial charge in [0.25, 0.3) is 0 Å². The van der Waals surface area contributed by atoms with Gasteiger partial charge < -0.3 is 0 Å². The zero-order valence-corrected chi connectivity index (χ0v) is 13.6. The highest BCUT2D eigenvalue weighted by Gasteiger charge is 1.99. The van der Waals surface area contributed by atoms with Gasteiger partial charge in [-0.05, 0) is 53.8 Å². The van der Waals surface area contributed by atoms with Crippen LogP contribution in [0.15, 0.2) is 54.6 Å². The molecule has 0 amide bonds. The quantitative estimate of drug-likeness (QED) is 0.350. The number of unbranched alkanes of at least 4 members (excludes halogenated alkanes) is 5. The zero-order chi connectivity index (χ0) is 15.6. The van der Waals surface area contributed by atoms with Crippen LogP contribution < -0.4 is 0 Å². The first-order chi connectivity index (χ1) is 10.8. The van der Waals surface area contributed by atoms with Gasteiger partial charge in [-0.25, -0.2) is 0 Å². The summed E-state index contributed by atoms with van der Waals surface area (Å²) in [5.74, 6) is 0.